The Morgan fingerprint density at radius 3 is 2.17 bits per heavy atom. The van der Waals surface area contributed by atoms with Crippen molar-refractivity contribution in [2.75, 3.05) is 6.61 Å². The van der Waals surface area contributed by atoms with Gasteiger partial charge in [0.1, 0.15) is 5.75 Å². The Bertz CT molecular complexity index is 878. The fourth-order valence-corrected chi connectivity index (χ4v) is 5.51. The molecule has 0 bridgehead atoms. The minimum absolute atomic E-state index is 0.331. The fourth-order valence-electron chi connectivity index (χ4n) is 5.51. The van der Waals surface area contributed by atoms with Crippen LogP contribution < -0.4 is 4.74 Å². The number of carboxylic acids is 1. The molecule has 0 amide bonds. The summed E-state index contributed by atoms with van der Waals surface area (Å²) >= 11 is 0. The lowest BCUT2D eigenvalue weighted by atomic mass is 9.77. The number of benzene rings is 2. The van der Waals surface area contributed by atoms with Crippen molar-refractivity contribution in [3.8, 4) is 16.9 Å². The molecule has 0 heterocycles. The first-order chi connectivity index (χ1) is 17.1. The summed E-state index contributed by atoms with van der Waals surface area (Å²) in [6, 6.07) is 14.0. The third-order valence-corrected chi connectivity index (χ3v) is 7.74. The zero-order valence-electron chi connectivity index (χ0n) is 22.1. The molecule has 2 aromatic rings. The van der Waals surface area contributed by atoms with Crippen LogP contribution >= 0.6 is 0 Å². The van der Waals surface area contributed by atoms with E-state index in [9.17, 15) is 9.90 Å². The van der Waals surface area contributed by atoms with Crippen LogP contribution in [-0.4, -0.2) is 17.7 Å². The summed E-state index contributed by atoms with van der Waals surface area (Å²) < 4.78 is 5.98. The van der Waals surface area contributed by atoms with Gasteiger partial charge in [-0.2, -0.15) is 0 Å². The molecule has 192 valence electrons. The lowest BCUT2D eigenvalue weighted by molar-refractivity contribution is 0.0697. The fraction of sp³-hybridized carbons (Fsp3) is 0.594. The summed E-state index contributed by atoms with van der Waals surface area (Å²) in [6.07, 6.45) is 18.0. The predicted octanol–water partition coefficient (Wildman–Crippen LogP) is 9.65. The molecule has 35 heavy (non-hydrogen) atoms. The molecule has 1 aliphatic rings. The topological polar surface area (TPSA) is 46.5 Å². The first kappa shape index (κ1) is 27.3. The maximum atomic E-state index is 11.9. The highest BCUT2D eigenvalue weighted by Crippen LogP contribution is 2.38. The molecule has 1 aliphatic carbocycles. The number of carboxylic acid groups (broad SMARTS) is 1. The van der Waals surface area contributed by atoms with E-state index in [1.807, 2.05) is 6.07 Å². The third kappa shape index (κ3) is 8.70. The number of carbonyl (C=O) groups is 1. The highest BCUT2D eigenvalue weighted by atomic mass is 16.5. The van der Waals surface area contributed by atoms with Crippen molar-refractivity contribution in [2.24, 2.45) is 5.92 Å². The summed E-state index contributed by atoms with van der Waals surface area (Å²) in [4.78, 5) is 11.9. The van der Waals surface area contributed by atoms with E-state index < -0.39 is 5.97 Å². The Hall–Kier alpha value is -2.29. The number of rotatable bonds is 15. The highest BCUT2D eigenvalue weighted by molar-refractivity contribution is 5.96. The van der Waals surface area contributed by atoms with Gasteiger partial charge in [-0.05, 0) is 78.8 Å². The van der Waals surface area contributed by atoms with E-state index in [1.165, 1.54) is 89.0 Å². The first-order valence-corrected chi connectivity index (χ1v) is 14.2. The molecule has 0 atom stereocenters. The van der Waals surface area contributed by atoms with E-state index in [0.717, 1.165) is 29.2 Å². The van der Waals surface area contributed by atoms with Crippen LogP contribution in [0.5, 0.6) is 5.75 Å². The minimum Gasteiger partial charge on any atom is -0.494 e. The molecule has 3 nitrogen and oxygen atoms in total. The van der Waals surface area contributed by atoms with Gasteiger partial charge >= 0.3 is 5.97 Å². The molecule has 0 unspecified atom stereocenters. The summed E-state index contributed by atoms with van der Waals surface area (Å²) in [5, 5.41) is 9.75. The summed E-state index contributed by atoms with van der Waals surface area (Å²) in [5.74, 6) is 1.41. The maximum absolute atomic E-state index is 11.9. The van der Waals surface area contributed by atoms with E-state index in [-0.39, 0.29) is 0 Å². The minimum atomic E-state index is -0.895. The van der Waals surface area contributed by atoms with Gasteiger partial charge in [-0.15, -0.1) is 0 Å². The smallest absolute Gasteiger partial charge is 0.336 e. The van der Waals surface area contributed by atoms with Crippen molar-refractivity contribution in [3.63, 3.8) is 0 Å². The van der Waals surface area contributed by atoms with E-state index in [2.05, 4.69) is 38.1 Å². The normalized spacial score (nSPS) is 17.9. The van der Waals surface area contributed by atoms with Crippen molar-refractivity contribution in [3.05, 3.63) is 53.6 Å². The van der Waals surface area contributed by atoms with Gasteiger partial charge in [-0.25, -0.2) is 4.79 Å². The predicted molar refractivity (Wildman–Crippen MR) is 147 cm³/mol. The molecule has 3 heteroatoms. The van der Waals surface area contributed by atoms with Crippen LogP contribution in [0.25, 0.3) is 11.1 Å². The van der Waals surface area contributed by atoms with Crippen molar-refractivity contribution in [1.29, 1.82) is 0 Å². The summed E-state index contributed by atoms with van der Waals surface area (Å²) in [6.45, 7) is 5.19. The van der Waals surface area contributed by atoms with E-state index >= 15 is 0 Å². The van der Waals surface area contributed by atoms with Crippen LogP contribution in [0.2, 0.25) is 0 Å². The molecule has 1 N–H and O–H groups in total. The molecule has 3 rings (SSSR count). The first-order valence-electron chi connectivity index (χ1n) is 14.2. The van der Waals surface area contributed by atoms with Gasteiger partial charge in [-0.3, -0.25) is 0 Å². The quantitative estimate of drug-likeness (QED) is 0.259. The van der Waals surface area contributed by atoms with Gasteiger partial charge in [0.25, 0.3) is 0 Å². The SMILES string of the molecule is CCCCCCCCOc1ccc(C(=O)O)c(-c2ccc([C@H]3CC[C@H](CCCCC)CC3)cc2)c1. The molecular weight excluding hydrogens is 432 g/mol. The zero-order chi connectivity index (χ0) is 24.9. The lowest BCUT2D eigenvalue weighted by Crippen LogP contribution is -2.13. The largest absolute Gasteiger partial charge is 0.494 e. The second-order valence-electron chi connectivity index (χ2n) is 10.5. The molecule has 0 saturated heterocycles. The number of aromatic carboxylic acids is 1. The number of ether oxygens (including phenoxy) is 1. The Labute approximate surface area is 213 Å². The van der Waals surface area contributed by atoms with Crippen LogP contribution in [0, 0.1) is 5.92 Å². The summed E-state index contributed by atoms with van der Waals surface area (Å²) in [7, 11) is 0. The van der Waals surface area contributed by atoms with E-state index in [0.29, 0.717) is 18.1 Å². The monoisotopic (exact) mass is 478 g/mol. The average Bonchev–Trinajstić information content (AvgIpc) is 2.88. The van der Waals surface area contributed by atoms with Crippen LogP contribution in [0.4, 0.5) is 0 Å². The molecule has 0 spiro atoms. The second-order valence-corrected chi connectivity index (χ2v) is 10.5. The van der Waals surface area contributed by atoms with Gasteiger partial charge in [0.05, 0.1) is 12.2 Å². The van der Waals surface area contributed by atoms with Gasteiger partial charge in [0.2, 0.25) is 0 Å². The molecule has 1 saturated carbocycles. The molecule has 2 aromatic carbocycles. The van der Waals surface area contributed by atoms with Crippen molar-refractivity contribution in [1.82, 2.24) is 0 Å². The molecule has 0 aliphatic heterocycles. The van der Waals surface area contributed by atoms with Gasteiger partial charge < -0.3 is 9.84 Å². The van der Waals surface area contributed by atoms with Crippen LogP contribution in [-0.2, 0) is 0 Å². The van der Waals surface area contributed by atoms with Crippen LogP contribution in [0.1, 0.15) is 126 Å². The van der Waals surface area contributed by atoms with Crippen molar-refractivity contribution in [2.45, 2.75) is 110 Å². The Morgan fingerprint density at radius 2 is 1.49 bits per heavy atom. The van der Waals surface area contributed by atoms with Crippen LogP contribution in [0.3, 0.4) is 0 Å². The van der Waals surface area contributed by atoms with Gasteiger partial charge in [-0.1, -0.05) is 95.9 Å². The lowest BCUT2D eigenvalue weighted by Gasteiger charge is -2.29. The Kier molecular flexibility index (Phi) is 11.7. The second kappa shape index (κ2) is 15.0. The number of unbranched alkanes of at least 4 members (excludes halogenated alkanes) is 7. The molecular formula is C32H46O3. The van der Waals surface area contributed by atoms with Gasteiger partial charge in [0, 0.05) is 0 Å². The Morgan fingerprint density at radius 1 is 0.829 bits per heavy atom. The number of hydrogen-bond acceptors (Lipinski definition) is 2. The maximum Gasteiger partial charge on any atom is 0.336 e. The Balaban J connectivity index is 1.59. The van der Waals surface area contributed by atoms with E-state index in [1.54, 1.807) is 12.1 Å². The molecule has 0 radical (unpaired) electrons. The van der Waals surface area contributed by atoms with Crippen LogP contribution in [0.15, 0.2) is 42.5 Å². The van der Waals surface area contributed by atoms with E-state index in [4.69, 9.17) is 4.74 Å². The van der Waals surface area contributed by atoms with Crippen molar-refractivity contribution >= 4 is 5.97 Å². The average molecular weight is 479 g/mol. The number of hydrogen-bond donors (Lipinski definition) is 1. The van der Waals surface area contributed by atoms with Crippen molar-refractivity contribution < 1.29 is 14.6 Å². The zero-order valence-corrected chi connectivity index (χ0v) is 22.1. The molecule has 1 fully saturated rings. The standard InChI is InChI=1S/C32H46O3/c1-3-5-7-8-9-11-23-35-29-21-22-30(32(33)34)31(24-29)28-19-17-27(18-20-28)26-15-13-25(14-16-26)12-10-6-4-2/h17-22,24-26H,3-16,23H2,1-2H3,(H,33,34)/t25-,26-. The third-order valence-electron chi connectivity index (χ3n) is 7.74. The summed E-state index contributed by atoms with van der Waals surface area (Å²) in [5.41, 5.74) is 3.42. The highest BCUT2D eigenvalue weighted by Gasteiger charge is 2.22. The molecule has 0 aromatic heterocycles. The van der Waals surface area contributed by atoms with Gasteiger partial charge in [0.15, 0.2) is 0 Å².